The number of rotatable bonds is 7. The van der Waals surface area contributed by atoms with Crippen LogP contribution >= 0.6 is 0 Å². The molecule has 3 heteroatoms. The zero-order valence-corrected chi connectivity index (χ0v) is 11.0. The first-order chi connectivity index (χ1) is 7.69. The fourth-order valence-electron chi connectivity index (χ4n) is 2.10. The summed E-state index contributed by atoms with van der Waals surface area (Å²) in [5, 5.41) is 7.74. The lowest BCUT2D eigenvalue weighted by molar-refractivity contribution is 0.397. The van der Waals surface area contributed by atoms with Crippen molar-refractivity contribution in [2.75, 3.05) is 7.05 Å². The van der Waals surface area contributed by atoms with E-state index in [1.807, 2.05) is 13.2 Å². The summed E-state index contributed by atoms with van der Waals surface area (Å²) in [7, 11) is 2.05. The van der Waals surface area contributed by atoms with Gasteiger partial charge in [-0.05, 0) is 38.3 Å². The average molecular weight is 223 g/mol. The molecule has 0 radical (unpaired) electrons. The SMILES string of the molecule is CCCn1nccc1CCC(NC)C(C)C. The second-order valence-corrected chi connectivity index (χ2v) is 4.72. The Morgan fingerprint density at radius 2 is 2.19 bits per heavy atom. The standard InChI is InChI=1S/C13H25N3/c1-5-10-16-12(8-9-15-16)6-7-13(14-4)11(2)3/h8-9,11,13-14H,5-7,10H2,1-4H3. The average Bonchev–Trinajstić information content (AvgIpc) is 2.67. The van der Waals surface area contributed by atoms with Crippen LogP contribution in [0.2, 0.25) is 0 Å². The Balaban J connectivity index is 2.49. The molecule has 0 aliphatic rings. The van der Waals surface area contributed by atoms with E-state index in [-0.39, 0.29) is 0 Å². The molecule has 1 atom stereocenters. The van der Waals surface area contributed by atoms with Gasteiger partial charge in [-0.1, -0.05) is 20.8 Å². The van der Waals surface area contributed by atoms with E-state index >= 15 is 0 Å². The highest BCUT2D eigenvalue weighted by Gasteiger charge is 2.11. The fourth-order valence-corrected chi connectivity index (χ4v) is 2.10. The highest BCUT2D eigenvalue weighted by atomic mass is 15.3. The maximum Gasteiger partial charge on any atom is 0.0492 e. The predicted molar refractivity (Wildman–Crippen MR) is 68.5 cm³/mol. The molecule has 16 heavy (non-hydrogen) atoms. The van der Waals surface area contributed by atoms with Crippen LogP contribution < -0.4 is 5.32 Å². The maximum atomic E-state index is 4.35. The van der Waals surface area contributed by atoms with Gasteiger partial charge in [-0.3, -0.25) is 4.68 Å². The molecule has 0 aromatic carbocycles. The maximum absolute atomic E-state index is 4.35. The predicted octanol–water partition coefficient (Wildman–Crippen LogP) is 2.47. The van der Waals surface area contributed by atoms with Gasteiger partial charge in [-0.2, -0.15) is 5.10 Å². The molecule has 0 fully saturated rings. The lowest BCUT2D eigenvalue weighted by atomic mass is 9.98. The molecule has 0 amide bonds. The number of hydrogen-bond donors (Lipinski definition) is 1. The second-order valence-electron chi connectivity index (χ2n) is 4.72. The molecule has 1 aromatic heterocycles. The van der Waals surface area contributed by atoms with Crippen molar-refractivity contribution < 1.29 is 0 Å². The lowest BCUT2D eigenvalue weighted by Crippen LogP contribution is -2.31. The number of aryl methyl sites for hydroxylation is 2. The van der Waals surface area contributed by atoms with Crippen molar-refractivity contribution in [2.24, 2.45) is 5.92 Å². The number of hydrogen-bond acceptors (Lipinski definition) is 2. The van der Waals surface area contributed by atoms with Gasteiger partial charge in [0.15, 0.2) is 0 Å². The summed E-state index contributed by atoms with van der Waals surface area (Å²) in [6, 6.07) is 2.74. The van der Waals surface area contributed by atoms with Crippen molar-refractivity contribution in [2.45, 2.75) is 52.6 Å². The molecule has 92 valence electrons. The first-order valence-corrected chi connectivity index (χ1v) is 6.37. The van der Waals surface area contributed by atoms with Crippen LogP contribution in [0.25, 0.3) is 0 Å². The smallest absolute Gasteiger partial charge is 0.0492 e. The third-order valence-corrected chi connectivity index (χ3v) is 3.13. The molecule has 1 aromatic rings. The summed E-state index contributed by atoms with van der Waals surface area (Å²) >= 11 is 0. The molecule has 1 rings (SSSR count). The summed E-state index contributed by atoms with van der Waals surface area (Å²) < 4.78 is 2.13. The topological polar surface area (TPSA) is 29.9 Å². The van der Waals surface area contributed by atoms with Gasteiger partial charge < -0.3 is 5.32 Å². The largest absolute Gasteiger partial charge is 0.317 e. The minimum Gasteiger partial charge on any atom is -0.317 e. The highest BCUT2D eigenvalue weighted by Crippen LogP contribution is 2.11. The third kappa shape index (κ3) is 3.63. The molecule has 0 spiro atoms. The van der Waals surface area contributed by atoms with Crippen LogP contribution in [0.15, 0.2) is 12.3 Å². The van der Waals surface area contributed by atoms with Crippen molar-refractivity contribution in [1.29, 1.82) is 0 Å². The summed E-state index contributed by atoms with van der Waals surface area (Å²) in [6.45, 7) is 7.76. The zero-order chi connectivity index (χ0) is 12.0. The Morgan fingerprint density at radius 1 is 1.44 bits per heavy atom. The van der Waals surface area contributed by atoms with E-state index in [1.54, 1.807) is 0 Å². The molecule has 3 nitrogen and oxygen atoms in total. The van der Waals surface area contributed by atoms with Crippen LogP contribution in [0.4, 0.5) is 0 Å². The van der Waals surface area contributed by atoms with Crippen molar-refractivity contribution in [1.82, 2.24) is 15.1 Å². The molecular weight excluding hydrogens is 198 g/mol. The van der Waals surface area contributed by atoms with Gasteiger partial charge in [0, 0.05) is 24.5 Å². The van der Waals surface area contributed by atoms with Crippen molar-refractivity contribution >= 4 is 0 Å². The van der Waals surface area contributed by atoms with E-state index in [9.17, 15) is 0 Å². The Bertz CT molecular complexity index is 291. The minimum atomic E-state index is 0.602. The first kappa shape index (κ1) is 13.2. The van der Waals surface area contributed by atoms with E-state index in [0.29, 0.717) is 12.0 Å². The number of nitrogens with zero attached hydrogens (tertiary/aromatic N) is 2. The van der Waals surface area contributed by atoms with Gasteiger partial charge in [0.2, 0.25) is 0 Å². The fraction of sp³-hybridized carbons (Fsp3) is 0.769. The quantitative estimate of drug-likeness (QED) is 0.769. The van der Waals surface area contributed by atoms with Crippen LogP contribution in [-0.2, 0) is 13.0 Å². The van der Waals surface area contributed by atoms with E-state index in [1.165, 1.54) is 12.1 Å². The van der Waals surface area contributed by atoms with E-state index in [4.69, 9.17) is 0 Å². The summed E-state index contributed by atoms with van der Waals surface area (Å²) in [5.41, 5.74) is 1.36. The molecule has 0 saturated heterocycles. The Labute approximate surface area is 99.2 Å². The van der Waals surface area contributed by atoms with Gasteiger partial charge in [0.1, 0.15) is 0 Å². The van der Waals surface area contributed by atoms with Gasteiger partial charge >= 0.3 is 0 Å². The minimum absolute atomic E-state index is 0.602. The van der Waals surface area contributed by atoms with Crippen molar-refractivity contribution in [3.05, 3.63) is 18.0 Å². The first-order valence-electron chi connectivity index (χ1n) is 6.37. The molecule has 0 aliphatic carbocycles. The van der Waals surface area contributed by atoms with Crippen LogP contribution in [0.5, 0.6) is 0 Å². The van der Waals surface area contributed by atoms with E-state index in [0.717, 1.165) is 19.4 Å². The van der Waals surface area contributed by atoms with Crippen LogP contribution in [-0.4, -0.2) is 22.9 Å². The Kier molecular flexibility index (Phi) is 5.53. The zero-order valence-electron chi connectivity index (χ0n) is 11.0. The molecule has 1 N–H and O–H groups in total. The highest BCUT2D eigenvalue weighted by molar-refractivity contribution is 5.01. The van der Waals surface area contributed by atoms with Crippen molar-refractivity contribution in [3.8, 4) is 0 Å². The molecule has 0 saturated carbocycles. The molecule has 1 unspecified atom stereocenters. The van der Waals surface area contributed by atoms with Gasteiger partial charge in [-0.25, -0.2) is 0 Å². The van der Waals surface area contributed by atoms with Crippen LogP contribution in [0.3, 0.4) is 0 Å². The van der Waals surface area contributed by atoms with Gasteiger partial charge in [0.05, 0.1) is 0 Å². The Hall–Kier alpha value is -0.830. The second kappa shape index (κ2) is 6.69. The summed E-state index contributed by atoms with van der Waals surface area (Å²) in [5.74, 6) is 0.688. The van der Waals surface area contributed by atoms with Crippen LogP contribution in [0, 0.1) is 5.92 Å². The van der Waals surface area contributed by atoms with Crippen LogP contribution in [0.1, 0.15) is 39.3 Å². The summed E-state index contributed by atoms with van der Waals surface area (Å²) in [4.78, 5) is 0. The molecule has 0 bridgehead atoms. The van der Waals surface area contributed by atoms with E-state index < -0.39 is 0 Å². The van der Waals surface area contributed by atoms with E-state index in [2.05, 4.69) is 41.9 Å². The lowest BCUT2D eigenvalue weighted by Gasteiger charge is -2.20. The Morgan fingerprint density at radius 3 is 2.75 bits per heavy atom. The molecule has 1 heterocycles. The van der Waals surface area contributed by atoms with Crippen molar-refractivity contribution in [3.63, 3.8) is 0 Å². The molecular formula is C13H25N3. The summed E-state index contributed by atoms with van der Waals surface area (Å²) in [6.07, 6.45) is 5.36. The van der Waals surface area contributed by atoms with Gasteiger partial charge in [-0.15, -0.1) is 0 Å². The normalized spacial score (nSPS) is 13.3. The van der Waals surface area contributed by atoms with Gasteiger partial charge in [0.25, 0.3) is 0 Å². The number of nitrogens with one attached hydrogen (secondary N) is 1. The molecule has 0 aliphatic heterocycles. The number of aromatic nitrogens is 2. The monoisotopic (exact) mass is 223 g/mol. The third-order valence-electron chi connectivity index (χ3n) is 3.13.